The Morgan fingerprint density at radius 3 is 2.76 bits per heavy atom. The Labute approximate surface area is 178 Å². The van der Waals surface area contributed by atoms with E-state index in [9.17, 15) is 10.1 Å². The number of nitrogens with one attached hydrogen (secondary N) is 1. The first kappa shape index (κ1) is 21.4. The van der Waals surface area contributed by atoms with Crippen molar-refractivity contribution < 1.29 is 4.79 Å². The van der Waals surface area contributed by atoms with E-state index in [1.54, 1.807) is 0 Å². The van der Waals surface area contributed by atoms with E-state index in [2.05, 4.69) is 18.3 Å². The zero-order valence-electron chi connectivity index (χ0n) is 17.5. The van der Waals surface area contributed by atoms with Gasteiger partial charge in [-0.25, -0.2) is 4.98 Å². The quantitative estimate of drug-likeness (QED) is 0.655. The third-order valence-corrected chi connectivity index (χ3v) is 6.63. The average molecular weight is 408 g/mol. The highest BCUT2D eigenvalue weighted by atomic mass is 32.2. The van der Waals surface area contributed by atoms with Gasteiger partial charge in [-0.1, -0.05) is 49.7 Å². The van der Waals surface area contributed by atoms with Gasteiger partial charge in [0.1, 0.15) is 11.1 Å². The maximum Gasteiger partial charge on any atom is 0.237 e. The molecule has 4 nitrogen and oxygen atoms in total. The number of amides is 1. The minimum Gasteiger partial charge on any atom is -0.325 e. The number of pyridine rings is 1. The molecule has 1 atom stereocenters. The number of anilines is 1. The number of carbonyl (C=O) groups excluding carboxylic acids is 1. The fourth-order valence-corrected chi connectivity index (χ4v) is 4.68. The molecule has 1 amide bonds. The van der Waals surface area contributed by atoms with Crippen molar-refractivity contribution in [3.63, 3.8) is 0 Å². The van der Waals surface area contributed by atoms with Crippen LogP contribution in [0.3, 0.4) is 0 Å². The molecule has 0 saturated heterocycles. The van der Waals surface area contributed by atoms with Crippen LogP contribution in [0, 0.1) is 18.3 Å². The number of hydrogen-bond acceptors (Lipinski definition) is 4. The lowest BCUT2D eigenvalue weighted by Crippen LogP contribution is -2.24. The van der Waals surface area contributed by atoms with Gasteiger partial charge in [-0.05, 0) is 68.7 Å². The minimum absolute atomic E-state index is 0.0589. The number of fused-ring (bicyclic) bond motifs is 1. The van der Waals surface area contributed by atoms with Crippen molar-refractivity contribution in [3.05, 3.63) is 52.2 Å². The van der Waals surface area contributed by atoms with Gasteiger partial charge in [0.05, 0.1) is 10.8 Å². The molecule has 1 aliphatic carbocycles. The van der Waals surface area contributed by atoms with Crippen LogP contribution in [-0.4, -0.2) is 16.1 Å². The van der Waals surface area contributed by atoms with Crippen LogP contribution >= 0.6 is 11.8 Å². The third-order valence-electron chi connectivity index (χ3n) is 5.53. The van der Waals surface area contributed by atoms with Crippen molar-refractivity contribution >= 4 is 23.4 Å². The summed E-state index contributed by atoms with van der Waals surface area (Å²) < 4.78 is 0. The summed E-state index contributed by atoms with van der Waals surface area (Å²) in [7, 11) is 0. The van der Waals surface area contributed by atoms with E-state index in [0.717, 1.165) is 54.6 Å². The molecule has 0 spiro atoms. The monoisotopic (exact) mass is 407 g/mol. The second-order valence-corrected chi connectivity index (χ2v) is 9.01. The number of nitriles is 1. The molecular weight excluding hydrogens is 378 g/mol. The minimum atomic E-state index is -0.342. The van der Waals surface area contributed by atoms with Crippen LogP contribution in [0.5, 0.6) is 0 Å². The Morgan fingerprint density at radius 1 is 1.28 bits per heavy atom. The molecule has 1 aromatic carbocycles. The summed E-state index contributed by atoms with van der Waals surface area (Å²) in [5.74, 6) is -0.0589. The summed E-state index contributed by atoms with van der Waals surface area (Å²) >= 11 is 1.38. The molecule has 0 saturated carbocycles. The molecule has 2 aromatic rings. The molecule has 1 N–H and O–H groups in total. The molecule has 0 aliphatic heterocycles. The first-order valence-electron chi connectivity index (χ1n) is 10.5. The summed E-state index contributed by atoms with van der Waals surface area (Å²) in [5.41, 5.74) is 5.98. The molecule has 1 heterocycles. The number of rotatable bonds is 5. The maximum atomic E-state index is 12.9. The summed E-state index contributed by atoms with van der Waals surface area (Å²) in [5, 5.41) is 13.1. The van der Waals surface area contributed by atoms with Gasteiger partial charge >= 0.3 is 0 Å². The number of aryl methyl sites for hydroxylation is 4. The highest BCUT2D eigenvalue weighted by Gasteiger charge is 2.21. The molecule has 0 radical (unpaired) electrons. The number of carbonyl (C=O) groups is 1. The van der Waals surface area contributed by atoms with Crippen molar-refractivity contribution in [2.45, 2.75) is 76.0 Å². The summed E-state index contributed by atoms with van der Waals surface area (Å²) in [6, 6.07) is 10.4. The number of para-hydroxylation sites is 1. The predicted octanol–water partition coefficient (Wildman–Crippen LogP) is 5.60. The van der Waals surface area contributed by atoms with Gasteiger partial charge in [-0.2, -0.15) is 5.26 Å². The van der Waals surface area contributed by atoms with Crippen LogP contribution < -0.4 is 5.32 Å². The lowest BCUT2D eigenvalue weighted by Gasteiger charge is -2.18. The Bertz CT molecular complexity index is 932. The molecule has 0 fully saturated rings. The lowest BCUT2D eigenvalue weighted by molar-refractivity contribution is -0.115. The van der Waals surface area contributed by atoms with E-state index in [4.69, 9.17) is 4.98 Å². The van der Waals surface area contributed by atoms with Crippen molar-refractivity contribution in [3.8, 4) is 6.07 Å². The highest BCUT2D eigenvalue weighted by Crippen LogP contribution is 2.30. The Kier molecular flexibility index (Phi) is 7.33. The van der Waals surface area contributed by atoms with Crippen LogP contribution in [-0.2, 0) is 24.1 Å². The summed E-state index contributed by atoms with van der Waals surface area (Å²) in [6.45, 7) is 5.98. The summed E-state index contributed by atoms with van der Waals surface area (Å²) in [4.78, 5) is 17.7. The number of aromatic nitrogens is 1. The number of benzene rings is 1. The van der Waals surface area contributed by atoms with E-state index in [1.165, 1.54) is 30.2 Å². The van der Waals surface area contributed by atoms with Crippen molar-refractivity contribution in [1.29, 1.82) is 5.26 Å². The van der Waals surface area contributed by atoms with E-state index in [-0.39, 0.29) is 11.2 Å². The SMILES string of the molecule is CCc1cccc(C)c1NC(=O)C(C)Sc1nc2c(cc1C#N)CCCCCC2. The molecule has 1 aliphatic rings. The zero-order chi connectivity index (χ0) is 20.8. The van der Waals surface area contributed by atoms with Gasteiger partial charge in [0, 0.05) is 11.4 Å². The molecule has 29 heavy (non-hydrogen) atoms. The molecule has 0 bridgehead atoms. The maximum absolute atomic E-state index is 12.9. The molecule has 152 valence electrons. The van der Waals surface area contributed by atoms with Gasteiger partial charge in [-0.3, -0.25) is 4.79 Å². The predicted molar refractivity (Wildman–Crippen MR) is 119 cm³/mol. The van der Waals surface area contributed by atoms with E-state index in [0.29, 0.717) is 10.6 Å². The topological polar surface area (TPSA) is 65.8 Å². The average Bonchev–Trinajstić information content (AvgIpc) is 2.70. The van der Waals surface area contributed by atoms with Gasteiger partial charge in [0.2, 0.25) is 5.91 Å². The van der Waals surface area contributed by atoms with Crippen molar-refractivity contribution in [2.24, 2.45) is 0 Å². The number of hydrogen-bond donors (Lipinski definition) is 1. The third kappa shape index (κ3) is 5.19. The Balaban J connectivity index is 1.79. The molecule has 5 heteroatoms. The van der Waals surface area contributed by atoms with E-state index < -0.39 is 0 Å². The van der Waals surface area contributed by atoms with Crippen LogP contribution in [0.4, 0.5) is 5.69 Å². The van der Waals surface area contributed by atoms with Gasteiger partial charge in [-0.15, -0.1) is 0 Å². The number of thioether (sulfide) groups is 1. The largest absolute Gasteiger partial charge is 0.325 e. The van der Waals surface area contributed by atoms with Gasteiger partial charge < -0.3 is 5.32 Å². The standard InChI is InChI=1S/C24H29N3OS/c1-4-18-12-9-10-16(2)22(18)27-23(28)17(3)29-24-20(15-25)14-19-11-7-5-6-8-13-21(19)26-24/h9-10,12,14,17H,4-8,11,13H2,1-3H3,(H,27,28). The van der Waals surface area contributed by atoms with Crippen LogP contribution in [0.2, 0.25) is 0 Å². The fourth-order valence-electron chi connectivity index (χ4n) is 3.79. The van der Waals surface area contributed by atoms with Crippen LogP contribution in [0.1, 0.15) is 67.5 Å². The van der Waals surface area contributed by atoms with Crippen molar-refractivity contribution in [2.75, 3.05) is 5.32 Å². The Hall–Kier alpha value is -2.32. The van der Waals surface area contributed by atoms with Gasteiger partial charge in [0.15, 0.2) is 0 Å². The van der Waals surface area contributed by atoms with Crippen LogP contribution in [0.15, 0.2) is 29.3 Å². The Morgan fingerprint density at radius 2 is 2.03 bits per heavy atom. The smallest absolute Gasteiger partial charge is 0.237 e. The van der Waals surface area contributed by atoms with Gasteiger partial charge in [0.25, 0.3) is 0 Å². The van der Waals surface area contributed by atoms with Crippen LogP contribution in [0.25, 0.3) is 0 Å². The number of nitrogens with zero attached hydrogens (tertiary/aromatic N) is 2. The highest BCUT2D eigenvalue weighted by molar-refractivity contribution is 8.00. The van der Waals surface area contributed by atoms with E-state index in [1.807, 2.05) is 38.1 Å². The fraction of sp³-hybridized carbons (Fsp3) is 0.458. The van der Waals surface area contributed by atoms with Crippen molar-refractivity contribution in [1.82, 2.24) is 4.98 Å². The normalized spacial score (nSPS) is 14.8. The molecule has 1 unspecified atom stereocenters. The zero-order valence-corrected chi connectivity index (χ0v) is 18.4. The molecule has 3 rings (SSSR count). The molecular formula is C24H29N3OS. The second kappa shape index (κ2) is 9.93. The first-order valence-corrected chi connectivity index (χ1v) is 11.4. The van der Waals surface area contributed by atoms with E-state index >= 15 is 0 Å². The first-order chi connectivity index (χ1) is 14.0. The lowest BCUT2D eigenvalue weighted by atomic mass is 9.96. The second-order valence-electron chi connectivity index (χ2n) is 7.68. The summed E-state index contributed by atoms with van der Waals surface area (Å²) in [6.07, 6.45) is 7.58. The molecule has 1 aromatic heterocycles.